The molecule has 1 saturated heterocycles. The van der Waals surface area contributed by atoms with Gasteiger partial charge in [0.2, 0.25) is 10.0 Å². The minimum absolute atomic E-state index is 0.102. The van der Waals surface area contributed by atoms with Crippen molar-refractivity contribution in [3.8, 4) is 11.4 Å². The van der Waals surface area contributed by atoms with E-state index in [2.05, 4.69) is 28.9 Å². The zero-order chi connectivity index (χ0) is 17.3. The Morgan fingerprint density at radius 1 is 1.25 bits per heavy atom. The van der Waals surface area contributed by atoms with Gasteiger partial charge in [-0.05, 0) is 32.8 Å². The van der Waals surface area contributed by atoms with E-state index in [0.717, 1.165) is 29.9 Å². The van der Waals surface area contributed by atoms with Gasteiger partial charge in [-0.1, -0.05) is 0 Å². The summed E-state index contributed by atoms with van der Waals surface area (Å²) in [5.74, 6) is 0.102. The van der Waals surface area contributed by atoms with Crippen LogP contribution >= 0.6 is 0 Å². The van der Waals surface area contributed by atoms with E-state index in [4.69, 9.17) is 0 Å². The quantitative estimate of drug-likeness (QED) is 0.844. The topological polar surface area (TPSA) is 81.0 Å². The predicted octanol–water partition coefficient (Wildman–Crippen LogP) is 2.06. The fourth-order valence-electron chi connectivity index (χ4n) is 3.09. The van der Waals surface area contributed by atoms with E-state index in [1.807, 2.05) is 10.7 Å². The Morgan fingerprint density at radius 3 is 2.67 bits per heavy atom. The van der Waals surface area contributed by atoms with Crippen molar-refractivity contribution in [2.24, 2.45) is 0 Å². The van der Waals surface area contributed by atoms with E-state index in [9.17, 15) is 8.42 Å². The lowest BCUT2D eigenvalue weighted by Gasteiger charge is -2.30. The van der Waals surface area contributed by atoms with Crippen molar-refractivity contribution in [3.05, 3.63) is 30.4 Å². The Labute approximate surface area is 142 Å². The van der Waals surface area contributed by atoms with Crippen LogP contribution in [0, 0.1) is 0 Å². The normalized spacial score (nSPS) is 19.8. The van der Waals surface area contributed by atoms with Crippen molar-refractivity contribution in [3.63, 3.8) is 0 Å². The highest BCUT2D eigenvalue weighted by Gasteiger charge is 2.27. The van der Waals surface area contributed by atoms with Crippen LogP contribution in [0.15, 0.2) is 24.7 Å². The molecule has 0 aromatic carbocycles. The number of aromatic nitrogens is 4. The molecular formula is C16H23N5O2S. The molecule has 3 rings (SSSR count). The molecule has 130 valence electrons. The number of nitrogens with zero attached hydrogens (tertiary/aromatic N) is 5. The highest BCUT2D eigenvalue weighted by atomic mass is 32.2. The van der Waals surface area contributed by atoms with Crippen LogP contribution in [0.1, 0.15) is 44.3 Å². The molecule has 0 amide bonds. The number of rotatable bonds is 4. The largest absolute Gasteiger partial charge is 0.261 e. The van der Waals surface area contributed by atoms with Gasteiger partial charge < -0.3 is 0 Å². The second-order valence-corrected chi connectivity index (χ2v) is 8.52. The van der Waals surface area contributed by atoms with Gasteiger partial charge in [-0.15, -0.1) is 0 Å². The Bertz CT molecular complexity index is 798. The van der Waals surface area contributed by atoms with Crippen molar-refractivity contribution in [2.75, 3.05) is 19.3 Å². The van der Waals surface area contributed by atoms with Gasteiger partial charge >= 0.3 is 0 Å². The number of hydrogen-bond acceptors (Lipinski definition) is 5. The molecule has 7 nitrogen and oxygen atoms in total. The second kappa shape index (κ2) is 6.60. The average Bonchev–Trinajstić information content (AvgIpc) is 3.04. The third kappa shape index (κ3) is 3.49. The molecule has 0 aliphatic carbocycles. The maximum Gasteiger partial charge on any atom is 0.211 e. The molecule has 1 aliphatic heterocycles. The SMILES string of the molecule is CC(C)n1nccc1-c1cnc([C@@H]2CCCN(S(C)(=O)=O)C2)cn1. The smallest absolute Gasteiger partial charge is 0.211 e. The van der Waals surface area contributed by atoms with Crippen LogP contribution in [0.2, 0.25) is 0 Å². The predicted molar refractivity (Wildman–Crippen MR) is 92.0 cm³/mol. The first-order valence-electron chi connectivity index (χ1n) is 8.17. The second-order valence-electron chi connectivity index (χ2n) is 6.54. The number of sulfonamides is 1. The van der Waals surface area contributed by atoms with Crippen molar-refractivity contribution in [2.45, 2.75) is 38.6 Å². The van der Waals surface area contributed by atoms with Crippen LogP contribution in [0.3, 0.4) is 0 Å². The lowest BCUT2D eigenvalue weighted by atomic mass is 9.96. The fraction of sp³-hybridized carbons (Fsp3) is 0.562. The molecule has 0 bridgehead atoms. The Morgan fingerprint density at radius 2 is 2.04 bits per heavy atom. The van der Waals surface area contributed by atoms with Gasteiger partial charge in [0.1, 0.15) is 5.69 Å². The standard InChI is InChI=1S/C16H23N5O2S/c1-12(2)21-16(6-7-19-21)15-10-17-14(9-18-15)13-5-4-8-20(11-13)24(3,22)23/h6-7,9-10,12-13H,4-5,8,11H2,1-3H3/t13-/m1/s1. The van der Waals surface area contributed by atoms with Crippen LogP contribution in [-0.2, 0) is 10.0 Å². The molecule has 24 heavy (non-hydrogen) atoms. The average molecular weight is 349 g/mol. The molecule has 3 heterocycles. The molecule has 8 heteroatoms. The maximum absolute atomic E-state index is 11.8. The molecule has 2 aromatic rings. The monoisotopic (exact) mass is 349 g/mol. The van der Waals surface area contributed by atoms with E-state index in [1.165, 1.54) is 10.6 Å². The van der Waals surface area contributed by atoms with Gasteiger partial charge in [0.15, 0.2) is 0 Å². The molecule has 1 aliphatic rings. The van der Waals surface area contributed by atoms with Gasteiger partial charge in [0.05, 0.1) is 23.8 Å². The van der Waals surface area contributed by atoms with E-state index in [0.29, 0.717) is 13.1 Å². The van der Waals surface area contributed by atoms with E-state index in [1.54, 1.807) is 18.6 Å². The number of hydrogen-bond donors (Lipinski definition) is 0. The fourth-order valence-corrected chi connectivity index (χ4v) is 4.01. The minimum atomic E-state index is -3.15. The summed E-state index contributed by atoms with van der Waals surface area (Å²) in [6, 6.07) is 2.17. The summed E-state index contributed by atoms with van der Waals surface area (Å²) in [5.41, 5.74) is 2.56. The summed E-state index contributed by atoms with van der Waals surface area (Å²) in [4.78, 5) is 9.09. The molecule has 2 aromatic heterocycles. The molecule has 0 unspecified atom stereocenters. The molecule has 0 N–H and O–H groups in total. The first-order chi connectivity index (χ1) is 11.4. The summed E-state index contributed by atoms with van der Waals surface area (Å²) in [6.07, 6.45) is 8.33. The third-order valence-corrected chi connectivity index (χ3v) is 5.63. The van der Waals surface area contributed by atoms with Gasteiger partial charge in [-0.3, -0.25) is 14.6 Å². The first kappa shape index (κ1) is 17.0. The zero-order valence-electron chi connectivity index (χ0n) is 14.3. The lowest BCUT2D eigenvalue weighted by Crippen LogP contribution is -2.38. The lowest BCUT2D eigenvalue weighted by molar-refractivity contribution is 0.314. The molecule has 0 radical (unpaired) electrons. The molecular weight excluding hydrogens is 326 g/mol. The number of piperidine rings is 1. The molecule has 1 fully saturated rings. The van der Waals surface area contributed by atoms with Crippen LogP contribution in [0.25, 0.3) is 11.4 Å². The highest BCUT2D eigenvalue weighted by molar-refractivity contribution is 7.88. The first-order valence-corrected chi connectivity index (χ1v) is 10.0. The van der Waals surface area contributed by atoms with Gasteiger partial charge in [-0.2, -0.15) is 5.10 Å². The molecule has 0 spiro atoms. The Hall–Kier alpha value is -1.80. The van der Waals surface area contributed by atoms with Crippen LogP contribution in [0.4, 0.5) is 0 Å². The highest BCUT2D eigenvalue weighted by Crippen LogP contribution is 2.27. The van der Waals surface area contributed by atoms with Crippen LogP contribution < -0.4 is 0 Å². The van der Waals surface area contributed by atoms with Crippen molar-refractivity contribution in [1.29, 1.82) is 0 Å². The molecule has 1 atom stereocenters. The van der Waals surface area contributed by atoms with Gasteiger partial charge in [-0.25, -0.2) is 12.7 Å². The molecule has 0 saturated carbocycles. The summed E-state index contributed by atoms with van der Waals surface area (Å²) in [5, 5.41) is 4.32. The summed E-state index contributed by atoms with van der Waals surface area (Å²) < 4.78 is 27.0. The Balaban J connectivity index is 1.81. The van der Waals surface area contributed by atoms with Crippen LogP contribution in [-0.4, -0.2) is 51.8 Å². The van der Waals surface area contributed by atoms with Crippen LogP contribution in [0.5, 0.6) is 0 Å². The maximum atomic E-state index is 11.8. The van der Waals surface area contributed by atoms with Gasteiger partial charge in [0, 0.05) is 37.4 Å². The minimum Gasteiger partial charge on any atom is -0.261 e. The van der Waals surface area contributed by atoms with Crippen molar-refractivity contribution < 1.29 is 8.42 Å². The summed E-state index contributed by atoms with van der Waals surface area (Å²) in [7, 11) is -3.15. The van der Waals surface area contributed by atoms with Crippen molar-refractivity contribution >= 4 is 10.0 Å². The zero-order valence-corrected chi connectivity index (χ0v) is 15.1. The third-order valence-electron chi connectivity index (χ3n) is 4.37. The van der Waals surface area contributed by atoms with E-state index < -0.39 is 10.0 Å². The van der Waals surface area contributed by atoms with E-state index >= 15 is 0 Å². The Kier molecular flexibility index (Phi) is 4.69. The summed E-state index contributed by atoms with van der Waals surface area (Å²) >= 11 is 0. The summed E-state index contributed by atoms with van der Waals surface area (Å²) in [6.45, 7) is 5.21. The van der Waals surface area contributed by atoms with Crippen molar-refractivity contribution in [1.82, 2.24) is 24.1 Å². The van der Waals surface area contributed by atoms with Gasteiger partial charge in [0.25, 0.3) is 0 Å². The van der Waals surface area contributed by atoms with E-state index in [-0.39, 0.29) is 12.0 Å².